The molecule has 2 unspecified atom stereocenters. The zero-order valence-corrected chi connectivity index (χ0v) is 24.7. The molecule has 208 valence electrons. The van der Waals surface area contributed by atoms with E-state index in [0.717, 1.165) is 56.6 Å². The van der Waals surface area contributed by atoms with Crippen LogP contribution in [-0.4, -0.2) is 45.6 Å². The van der Waals surface area contributed by atoms with E-state index in [2.05, 4.69) is 69.2 Å². The molecule has 40 heavy (non-hydrogen) atoms. The Balaban J connectivity index is 1.11. The van der Waals surface area contributed by atoms with E-state index in [4.69, 9.17) is 4.74 Å². The molecule has 2 N–H and O–H groups in total. The van der Waals surface area contributed by atoms with E-state index in [9.17, 15) is 9.90 Å². The Morgan fingerprint density at radius 2 is 1.82 bits per heavy atom. The largest absolute Gasteiger partial charge is 0.493 e. The third-order valence-electron chi connectivity index (χ3n) is 8.85. The van der Waals surface area contributed by atoms with Crippen LogP contribution in [0.1, 0.15) is 49.6 Å². The number of nitrogens with one attached hydrogen (secondary N) is 1. The molecule has 0 radical (unpaired) electrons. The molecule has 6 rings (SSSR count). The molecule has 4 aromatic rings. The molecule has 2 aliphatic rings. The first-order chi connectivity index (χ1) is 19.3. The van der Waals surface area contributed by atoms with Gasteiger partial charge in [0, 0.05) is 24.0 Å². The number of halogens is 1. The van der Waals surface area contributed by atoms with Gasteiger partial charge in [-0.25, -0.2) is 4.98 Å². The summed E-state index contributed by atoms with van der Waals surface area (Å²) in [6.45, 7) is 6.00. The number of imidazole rings is 1. The van der Waals surface area contributed by atoms with Gasteiger partial charge in [-0.15, -0.1) is 0 Å². The normalized spacial score (nSPS) is 20.9. The van der Waals surface area contributed by atoms with E-state index < -0.39 is 5.60 Å². The molecule has 7 heteroatoms. The summed E-state index contributed by atoms with van der Waals surface area (Å²) >= 11 is 3.46. The number of carbonyl (C=O) groups excluding carboxylic acids is 1. The minimum absolute atomic E-state index is 0.187. The van der Waals surface area contributed by atoms with Crippen molar-refractivity contribution >= 4 is 32.9 Å². The standard InChI is InChI=1S/C33H36BrN3O3/c1-21-17-26-18-24(25-3-9-29-30(19-25)36-22(2)35-29)4-10-31(26)40-16-11-23(21)20-32(38)37-14-12-33(39,13-15-37)27-5-7-28(34)8-6-27/h3-10,18-19,21,23,39H,11-17,20H2,1-2H3,(H,35,36). The van der Waals surface area contributed by atoms with Crippen molar-refractivity contribution < 1.29 is 14.6 Å². The molecular formula is C33H36BrN3O3. The summed E-state index contributed by atoms with van der Waals surface area (Å²) in [6.07, 6.45) is 3.37. The molecule has 3 heterocycles. The second-order valence-electron chi connectivity index (χ2n) is 11.6. The van der Waals surface area contributed by atoms with Gasteiger partial charge in [-0.2, -0.15) is 0 Å². The van der Waals surface area contributed by atoms with Crippen LogP contribution in [0.4, 0.5) is 0 Å². The summed E-state index contributed by atoms with van der Waals surface area (Å²) in [5, 5.41) is 11.2. The molecule has 0 saturated carbocycles. The number of ether oxygens (including phenoxy) is 1. The summed E-state index contributed by atoms with van der Waals surface area (Å²) in [7, 11) is 0. The first-order valence-electron chi connectivity index (χ1n) is 14.3. The van der Waals surface area contributed by atoms with Crippen LogP contribution in [0.3, 0.4) is 0 Å². The van der Waals surface area contributed by atoms with Crippen LogP contribution in [-0.2, 0) is 16.8 Å². The van der Waals surface area contributed by atoms with Crippen molar-refractivity contribution in [3.63, 3.8) is 0 Å². The lowest BCUT2D eigenvalue weighted by atomic mass is 9.81. The van der Waals surface area contributed by atoms with Crippen LogP contribution in [0.2, 0.25) is 0 Å². The molecule has 2 atom stereocenters. The van der Waals surface area contributed by atoms with Gasteiger partial charge < -0.3 is 19.7 Å². The number of fused-ring (bicyclic) bond motifs is 2. The highest BCUT2D eigenvalue weighted by Crippen LogP contribution is 2.37. The predicted molar refractivity (Wildman–Crippen MR) is 161 cm³/mol. The first-order valence-corrected chi connectivity index (χ1v) is 15.1. The number of hydrogen-bond donors (Lipinski definition) is 2. The van der Waals surface area contributed by atoms with Crippen molar-refractivity contribution in [3.05, 3.63) is 82.1 Å². The molecule has 3 aromatic carbocycles. The number of piperidine rings is 1. The fourth-order valence-electron chi connectivity index (χ4n) is 6.33. The zero-order valence-electron chi connectivity index (χ0n) is 23.1. The van der Waals surface area contributed by atoms with Gasteiger partial charge in [0.25, 0.3) is 0 Å². The lowest BCUT2D eigenvalue weighted by Crippen LogP contribution is -2.45. The van der Waals surface area contributed by atoms with Gasteiger partial charge in [-0.1, -0.05) is 47.1 Å². The minimum Gasteiger partial charge on any atom is -0.493 e. The summed E-state index contributed by atoms with van der Waals surface area (Å²) in [4.78, 5) is 23.2. The number of likely N-dealkylation sites (tertiary alicyclic amines) is 1. The molecule has 0 spiro atoms. The van der Waals surface area contributed by atoms with Crippen LogP contribution >= 0.6 is 15.9 Å². The lowest BCUT2D eigenvalue weighted by Gasteiger charge is -2.39. The number of benzene rings is 3. The maximum atomic E-state index is 13.4. The second kappa shape index (κ2) is 11.0. The molecule has 2 aliphatic heterocycles. The van der Waals surface area contributed by atoms with Crippen LogP contribution in [0, 0.1) is 18.8 Å². The number of aryl methyl sites for hydroxylation is 1. The SMILES string of the molecule is Cc1nc2ccc(-c3ccc4c(c3)CC(C)C(CC(=O)N3CCC(O)(c5ccc(Br)cc5)CC3)CCO4)cc2[nH]1. The topological polar surface area (TPSA) is 78.5 Å². The highest BCUT2D eigenvalue weighted by Gasteiger charge is 2.36. The van der Waals surface area contributed by atoms with Gasteiger partial charge in [-0.3, -0.25) is 4.79 Å². The highest BCUT2D eigenvalue weighted by molar-refractivity contribution is 9.10. The van der Waals surface area contributed by atoms with Crippen molar-refractivity contribution in [2.75, 3.05) is 19.7 Å². The number of aliphatic hydroxyl groups is 1. The van der Waals surface area contributed by atoms with Gasteiger partial charge in [0.15, 0.2) is 0 Å². The van der Waals surface area contributed by atoms with Crippen molar-refractivity contribution in [2.24, 2.45) is 11.8 Å². The Morgan fingerprint density at radius 1 is 1.10 bits per heavy atom. The van der Waals surface area contributed by atoms with E-state index in [-0.39, 0.29) is 11.8 Å². The Morgan fingerprint density at radius 3 is 2.60 bits per heavy atom. The van der Waals surface area contributed by atoms with Crippen molar-refractivity contribution in [3.8, 4) is 16.9 Å². The van der Waals surface area contributed by atoms with E-state index in [0.29, 0.717) is 44.9 Å². The lowest BCUT2D eigenvalue weighted by molar-refractivity contribution is -0.137. The Labute approximate surface area is 243 Å². The van der Waals surface area contributed by atoms with Gasteiger partial charge in [0.05, 0.1) is 23.2 Å². The number of aromatic nitrogens is 2. The number of H-pyrrole nitrogens is 1. The van der Waals surface area contributed by atoms with Gasteiger partial charge in [-0.05, 0) is 103 Å². The zero-order chi connectivity index (χ0) is 27.9. The molecule has 1 amide bonds. The second-order valence-corrected chi connectivity index (χ2v) is 12.5. The van der Waals surface area contributed by atoms with Gasteiger partial charge >= 0.3 is 0 Å². The number of nitrogens with zero attached hydrogens (tertiary/aromatic N) is 2. The number of carbonyl (C=O) groups is 1. The van der Waals surface area contributed by atoms with Crippen LogP contribution in [0.15, 0.2) is 65.1 Å². The Bertz CT molecular complexity index is 1520. The number of amides is 1. The Kier molecular flexibility index (Phi) is 7.44. The summed E-state index contributed by atoms with van der Waals surface area (Å²) in [5.74, 6) is 2.65. The van der Waals surface area contributed by atoms with Crippen LogP contribution < -0.4 is 4.74 Å². The Hall–Kier alpha value is -3.16. The van der Waals surface area contributed by atoms with Crippen molar-refractivity contribution in [1.82, 2.24) is 14.9 Å². The van der Waals surface area contributed by atoms with Crippen LogP contribution in [0.5, 0.6) is 5.75 Å². The highest BCUT2D eigenvalue weighted by atomic mass is 79.9. The number of rotatable bonds is 4. The molecule has 1 aromatic heterocycles. The molecule has 0 aliphatic carbocycles. The third-order valence-corrected chi connectivity index (χ3v) is 9.38. The predicted octanol–water partition coefficient (Wildman–Crippen LogP) is 6.78. The maximum absolute atomic E-state index is 13.4. The molecule has 1 saturated heterocycles. The molecule has 1 fully saturated rings. The average Bonchev–Trinajstić information content (AvgIpc) is 3.32. The third kappa shape index (κ3) is 5.54. The number of hydrogen-bond acceptors (Lipinski definition) is 4. The van der Waals surface area contributed by atoms with Crippen molar-refractivity contribution in [1.29, 1.82) is 0 Å². The van der Waals surface area contributed by atoms with E-state index in [1.807, 2.05) is 36.1 Å². The fraction of sp³-hybridized carbons (Fsp3) is 0.394. The van der Waals surface area contributed by atoms with Crippen molar-refractivity contribution in [2.45, 2.75) is 51.6 Å². The van der Waals surface area contributed by atoms with E-state index in [1.165, 1.54) is 5.56 Å². The van der Waals surface area contributed by atoms with E-state index >= 15 is 0 Å². The summed E-state index contributed by atoms with van der Waals surface area (Å²) < 4.78 is 7.20. The molecular weight excluding hydrogens is 566 g/mol. The van der Waals surface area contributed by atoms with Gasteiger partial charge in [0.2, 0.25) is 5.91 Å². The quantitative estimate of drug-likeness (QED) is 0.270. The average molecular weight is 603 g/mol. The van der Waals surface area contributed by atoms with Crippen LogP contribution in [0.25, 0.3) is 22.2 Å². The number of aromatic amines is 1. The smallest absolute Gasteiger partial charge is 0.222 e. The first kappa shape index (κ1) is 27.0. The summed E-state index contributed by atoms with van der Waals surface area (Å²) in [6, 6.07) is 20.7. The maximum Gasteiger partial charge on any atom is 0.222 e. The fourth-order valence-corrected chi connectivity index (χ4v) is 6.59. The van der Waals surface area contributed by atoms with Gasteiger partial charge in [0.1, 0.15) is 11.6 Å². The summed E-state index contributed by atoms with van der Waals surface area (Å²) in [5.41, 5.74) is 5.56. The minimum atomic E-state index is -0.874. The van der Waals surface area contributed by atoms with E-state index in [1.54, 1.807) is 0 Å². The molecule has 6 nitrogen and oxygen atoms in total. The monoisotopic (exact) mass is 601 g/mol. The molecule has 0 bridgehead atoms.